The molecule has 30 heavy (non-hydrogen) atoms. The molecule has 4 heteroatoms. The monoisotopic (exact) mass is 404 g/mol. The van der Waals surface area contributed by atoms with Crippen LogP contribution in [-0.2, 0) is 6.61 Å². The molecule has 0 unspecified atom stereocenters. The van der Waals surface area contributed by atoms with Gasteiger partial charge in [-0.05, 0) is 41.8 Å². The van der Waals surface area contributed by atoms with Gasteiger partial charge in [0.1, 0.15) is 18.2 Å². The fraction of sp³-hybridized carbons (Fsp3) is 0.0769. The molecular weight excluding hydrogens is 385 g/mol. The van der Waals surface area contributed by atoms with Crippen LogP contribution in [0.4, 0.5) is 13.2 Å². The van der Waals surface area contributed by atoms with Crippen molar-refractivity contribution >= 4 is 0 Å². The molecular formula is C26H19F3O. The van der Waals surface area contributed by atoms with E-state index in [0.29, 0.717) is 22.4 Å². The van der Waals surface area contributed by atoms with Crippen molar-refractivity contribution in [2.24, 2.45) is 0 Å². The summed E-state index contributed by atoms with van der Waals surface area (Å²) in [5.74, 6) is -1.62. The molecule has 150 valence electrons. The summed E-state index contributed by atoms with van der Waals surface area (Å²) < 4.78 is 48.8. The van der Waals surface area contributed by atoms with Crippen LogP contribution >= 0.6 is 0 Å². The van der Waals surface area contributed by atoms with Crippen molar-refractivity contribution < 1.29 is 17.9 Å². The highest BCUT2D eigenvalue weighted by atomic mass is 19.2. The van der Waals surface area contributed by atoms with Gasteiger partial charge in [-0.15, -0.1) is 0 Å². The molecule has 0 aliphatic heterocycles. The fourth-order valence-corrected chi connectivity index (χ4v) is 3.29. The van der Waals surface area contributed by atoms with E-state index in [0.717, 1.165) is 5.56 Å². The molecule has 0 aromatic heterocycles. The van der Waals surface area contributed by atoms with Crippen molar-refractivity contribution in [1.82, 2.24) is 0 Å². The van der Waals surface area contributed by atoms with Gasteiger partial charge in [-0.2, -0.15) is 0 Å². The molecule has 0 N–H and O–H groups in total. The van der Waals surface area contributed by atoms with Gasteiger partial charge < -0.3 is 4.74 Å². The Hall–Kier alpha value is -3.53. The maximum absolute atomic E-state index is 14.5. The van der Waals surface area contributed by atoms with Crippen LogP contribution in [0, 0.1) is 24.4 Å². The van der Waals surface area contributed by atoms with Crippen LogP contribution in [-0.4, -0.2) is 0 Å². The van der Waals surface area contributed by atoms with Crippen LogP contribution in [0.15, 0.2) is 84.9 Å². The zero-order valence-corrected chi connectivity index (χ0v) is 16.3. The lowest BCUT2D eigenvalue weighted by Gasteiger charge is -2.11. The van der Waals surface area contributed by atoms with Crippen molar-refractivity contribution in [1.29, 1.82) is 0 Å². The summed E-state index contributed by atoms with van der Waals surface area (Å²) in [6.45, 7) is 1.72. The summed E-state index contributed by atoms with van der Waals surface area (Å²) in [7, 11) is 0. The third-order valence-corrected chi connectivity index (χ3v) is 4.93. The standard InChI is InChI=1S/C26H19F3O/c1-17-7-13-22(24(27)15-17)19-8-11-21(12-9-19)30-16-20-10-14-23(26(29)25(20)28)18-5-3-2-4-6-18/h2-15H,16H2,1H3. The molecule has 0 fully saturated rings. The van der Waals surface area contributed by atoms with E-state index in [1.165, 1.54) is 12.1 Å². The molecule has 0 heterocycles. The van der Waals surface area contributed by atoms with Crippen molar-refractivity contribution in [3.05, 3.63) is 114 Å². The Morgan fingerprint density at radius 1 is 0.667 bits per heavy atom. The number of aryl methyl sites for hydroxylation is 1. The first-order valence-electron chi connectivity index (χ1n) is 9.54. The molecule has 4 aromatic carbocycles. The van der Waals surface area contributed by atoms with Gasteiger partial charge in [0.25, 0.3) is 0 Å². The molecule has 0 aliphatic carbocycles. The average Bonchev–Trinajstić information content (AvgIpc) is 2.76. The summed E-state index contributed by atoms with van der Waals surface area (Å²) in [6.07, 6.45) is 0. The Morgan fingerprint density at radius 2 is 1.33 bits per heavy atom. The van der Waals surface area contributed by atoms with Gasteiger partial charge in [0.15, 0.2) is 11.6 Å². The van der Waals surface area contributed by atoms with Crippen LogP contribution in [0.3, 0.4) is 0 Å². The van der Waals surface area contributed by atoms with Gasteiger partial charge in [-0.25, -0.2) is 13.2 Å². The van der Waals surface area contributed by atoms with E-state index in [9.17, 15) is 13.2 Å². The number of hydrogen-bond donors (Lipinski definition) is 0. The van der Waals surface area contributed by atoms with Crippen molar-refractivity contribution in [2.75, 3.05) is 0 Å². The van der Waals surface area contributed by atoms with Crippen LogP contribution in [0.1, 0.15) is 11.1 Å². The lowest BCUT2D eigenvalue weighted by molar-refractivity contribution is 0.297. The highest BCUT2D eigenvalue weighted by molar-refractivity contribution is 5.66. The SMILES string of the molecule is Cc1ccc(-c2ccc(OCc3ccc(-c4ccccc4)c(F)c3F)cc2)c(F)c1. The minimum absolute atomic E-state index is 0.115. The predicted octanol–water partition coefficient (Wildman–Crippen LogP) is 7.33. The first-order chi connectivity index (χ1) is 14.5. The summed E-state index contributed by atoms with van der Waals surface area (Å²) in [4.78, 5) is 0. The zero-order chi connectivity index (χ0) is 21.1. The lowest BCUT2D eigenvalue weighted by Crippen LogP contribution is -2.02. The highest BCUT2D eigenvalue weighted by Crippen LogP contribution is 2.28. The first kappa shape index (κ1) is 19.8. The van der Waals surface area contributed by atoms with Gasteiger partial charge in [0.05, 0.1) is 0 Å². The predicted molar refractivity (Wildman–Crippen MR) is 113 cm³/mol. The van der Waals surface area contributed by atoms with E-state index in [1.54, 1.807) is 60.7 Å². The molecule has 0 atom stereocenters. The number of rotatable bonds is 5. The van der Waals surface area contributed by atoms with E-state index in [4.69, 9.17) is 4.74 Å². The summed E-state index contributed by atoms with van der Waals surface area (Å²) >= 11 is 0. The highest BCUT2D eigenvalue weighted by Gasteiger charge is 2.15. The Morgan fingerprint density at radius 3 is 2.03 bits per heavy atom. The molecule has 0 saturated carbocycles. The van der Waals surface area contributed by atoms with Gasteiger partial charge in [0, 0.05) is 16.7 Å². The van der Waals surface area contributed by atoms with Crippen LogP contribution < -0.4 is 4.74 Å². The van der Waals surface area contributed by atoms with E-state index in [1.807, 2.05) is 19.1 Å². The molecule has 0 saturated heterocycles. The Kier molecular flexibility index (Phi) is 5.57. The van der Waals surface area contributed by atoms with Gasteiger partial charge in [0.2, 0.25) is 0 Å². The quantitative estimate of drug-likeness (QED) is 0.338. The second kappa shape index (κ2) is 8.46. The second-order valence-corrected chi connectivity index (χ2v) is 7.06. The molecule has 4 aromatic rings. The summed E-state index contributed by atoms with van der Waals surface area (Å²) in [5, 5.41) is 0. The van der Waals surface area contributed by atoms with Gasteiger partial charge >= 0.3 is 0 Å². The smallest absolute Gasteiger partial charge is 0.167 e. The Balaban J connectivity index is 1.49. The van der Waals surface area contributed by atoms with Gasteiger partial charge in [-0.3, -0.25) is 0 Å². The molecule has 4 rings (SSSR count). The molecule has 0 amide bonds. The molecule has 0 aliphatic rings. The summed E-state index contributed by atoms with van der Waals surface area (Å²) in [5.41, 5.74) is 3.01. The minimum atomic E-state index is -0.922. The maximum Gasteiger partial charge on any atom is 0.167 e. The zero-order valence-electron chi connectivity index (χ0n) is 16.3. The van der Waals surface area contributed by atoms with Crippen molar-refractivity contribution in [3.63, 3.8) is 0 Å². The van der Waals surface area contributed by atoms with E-state index in [2.05, 4.69) is 0 Å². The normalized spacial score (nSPS) is 10.8. The number of halogens is 3. The molecule has 0 radical (unpaired) electrons. The Labute approximate surface area is 173 Å². The van der Waals surface area contributed by atoms with Gasteiger partial charge in [-0.1, -0.05) is 66.7 Å². The third kappa shape index (κ3) is 4.08. The fourth-order valence-electron chi connectivity index (χ4n) is 3.29. The third-order valence-electron chi connectivity index (χ3n) is 4.93. The Bertz CT molecular complexity index is 1170. The molecule has 0 spiro atoms. The maximum atomic E-state index is 14.5. The topological polar surface area (TPSA) is 9.23 Å². The van der Waals surface area contributed by atoms with E-state index in [-0.39, 0.29) is 23.6 Å². The van der Waals surface area contributed by atoms with E-state index >= 15 is 0 Å². The van der Waals surface area contributed by atoms with Crippen molar-refractivity contribution in [3.8, 4) is 28.0 Å². The number of ether oxygens (including phenoxy) is 1. The average molecular weight is 404 g/mol. The molecule has 0 bridgehead atoms. The first-order valence-corrected chi connectivity index (χ1v) is 9.54. The van der Waals surface area contributed by atoms with Crippen LogP contribution in [0.2, 0.25) is 0 Å². The second-order valence-electron chi connectivity index (χ2n) is 7.06. The van der Waals surface area contributed by atoms with E-state index < -0.39 is 11.6 Å². The number of benzene rings is 4. The van der Waals surface area contributed by atoms with Crippen LogP contribution in [0.25, 0.3) is 22.3 Å². The number of hydrogen-bond acceptors (Lipinski definition) is 1. The minimum Gasteiger partial charge on any atom is -0.489 e. The lowest BCUT2D eigenvalue weighted by atomic mass is 10.0. The van der Waals surface area contributed by atoms with Crippen molar-refractivity contribution in [2.45, 2.75) is 13.5 Å². The largest absolute Gasteiger partial charge is 0.489 e. The molecule has 1 nitrogen and oxygen atoms in total. The summed E-state index contributed by atoms with van der Waals surface area (Å²) in [6, 6.07) is 23.8. The van der Waals surface area contributed by atoms with Crippen LogP contribution in [0.5, 0.6) is 5.75 Å².